The van der Waals surface area contributed by atoms with Gasteiger partial charge in [0.1, 0.15) is 11.6 Å². The fourth-order valence-corrected chi connectivity index (χ4v) is 9.85. The van der Waals surface area contributed by atoms with E-state index in [1.165, 1.54) is 38.5 Å². The van der Waals surface area contributed by atoms with Crippen LogP contribution >= 0.6 is 11.8 Å². The second kappa shape index (κ2) is 15.0. The molecule has 2 aromatic carbocycles. The van der Waals surface area contributed by atoms with Crippen LogP contribution in [0, 0.1) is 30.6 Å². The number of benzene rings is 2. The zero-order valence-corrected chi connectivity index (χ0v) is 29.0. The number of rotatable bonds is 13. The maximum atomic E-state index is 14.0. The van der Waals surface area contributed by atoms with Crippen LogP contribution in [-0.4, -0.2) is 64.7 Å². The minimum absolute atomic E-state index is 0.141. The first-order valence-corrected chi connectivity index (χ1v) is 19.3. The van der Waals surface area contributed by atoms with Crippen LogP contribution in [0.5, 0.6) is 0 Å². The summed E-state index contributed by atoms with van der Waals surface area (Å²) in [5.74, 6) is 1.88. The molecule has 8 heteroatoms. The number of nitrogens with one attached hydrogen (secondary N) is 1. The van der Waals surface area contributed by atoms with Crippen molar-refractivity contribution in [3.8, 4) is 11.1 Å². The summed E-state index contributed by atoms with van der Waals surface area (Å²) < 4.78 is 6.57. The Hall–Kier alpha value is -3.00. The van der Waals surface area contributed by atoms with Gasteiger partial charge in [-0.15, -0.1) is 0 Å². The second-order valence-electron chi connectivity index (χ2n) is 15.0. The Labute approximate surface area is 284 Å². The van der Waals surface area contributed by atoms with E-state index in [4.69, 9.17) is 4.74 Å². The molecule has 2 N–H and O–H groups in total. The molecule has 0 radical (unpaired) electrons. The van der Waals surface area contributed by atoms with Gasteiger partial charge in [-0.2, -0.15) is 11.8 Å². The number of aliphatic carboxylic acids is 1. The van der Waals surface area contributed by atoms with Gasteiger partial charge < -0.3 is 20.1 Å². The Kier molecular flexibility index (Phi) is 10.8. The quantitative estimate of drug-likeness (QED) is 0.225. The predicted octanol–water partition coefficient (Wildman–Crippen LogP) is 8.13. The highest BCUT2D eigenvalue weighted by atomic mass is 32.2. The largest absolute Gasteiger partial charge is 0.480 e. The summed E-state index contributed by atoms with van der Waals surface area (Å²) in [6.07, 6.45) is 15.9. The first-order valence-electron chi connectivity index (χ1n) is 17.9. The summed E-state index contributed by atoms with van der Waals surface area (Å²) in [5, 5.41) is 12.5. The molecule has 5 fully saturated rings. The summed E-state index contributed by atoms with van der Waals surface area (Å²) in [4.78, 5) is 41.5. The zero-order valence-electron chi connectivity index (χ0n) is 28.2. The third kappa shape index (κ3) is 8.18. The van der Waals surface area contributed by atoms with Crippen molar-refractivity contribution < 1.29 is 24.2 Å². The number of carbonyl (C=O) groups excluding carboxylic acids is 2. The molecule has 1 atom stereocenters. The van der Waals surface area contributed by atoms with Crippen molar-refractivity contribution in [3.63, 3.8) is 0 Å². The molecule has 4 bridgehead atoms. The highest BCUT2D eigenvalue weighted by Gasteiger charge is 2.53. The van der Waals surface area contributed by atoms with E-state index in [-0.39, 0.29) is 17.6 Å². The standard InChI is InChI=1S/C39H52N2O5S/c1-26-8-6-7-11-32(26)34-21-27(12-13-33(34)36(42)40-35(37(43)44)15-17-47-2)14-16-41(25-28-9-4-3-5-10-28)38(45)46-39-22-29-18-30(23-39)20-31(19-29)24-39/h6-8,11-13,21,28-31,35H,3-5,9-10,14-20,22-25H2,1-2H3,(H,40,42)(H,43,44)/t29?,30?,31?,35-,39?/m0/s1. The van der Waals surface area contributed by atoms with Crippen molar-refractivity contribution in [2.75, 3.05) is 25.1 Å². The molecule has 0 heterocycles. The zero-order chi connectivity index (χ0) is 33.0. The molecule has 254 valence electrons. The van der Waals surface area contributed by atoms with Gasteiger partial charge in [-0.3, -0.25) is 4.79 Å². The molecule has 5 aliphatic carbocycles. The van der Waals surface area contributed by atoms with Crippen molar-refractivity contribution in [2.24, 2.45) is 23.7 Å². The summed E-state index contributed by atoms with van der Waals surface area (Å²) in [7, 11) is 0. The second-order valence-corrected chi connectivity index (χ2v) is 16.0. The maximum absolute atomic E-state index is 14.0. The average Bonchev–Trinajstić information content (AvgIpc) is 3.04. The van der Waals surface area contributed by atoms with Crippen molar-refractivity contribution >= 4 is 29.7 Å². The van der Waals surface area contributed by atoms with E-state index in [0.717, 1.165) is 60.9 Å². The monoisotopic (exact) mass is 660 g/mol. The van der Waals surface area contributed by atoms with E-state index in [9.17, 15) is 19.5 Å². The fourth-order valence-electron chi connectivity index (χ4n) is 9.38. The highest BCUT2D eigenvalue weighted by molar-refractivity contribution is 7.98. The van der Waals surface area contributed by atoms with Gasteiger partial charge in [0, 0.05) is 18.7 Å². The molecule has 2 amide bonds. The molecule has 7 nitrogen and oxygen atoms in total. The van der Waals surface area contributed by atoms with E-state index in [1.54, 1.807) is 11.8 Å². The van der Waals surface area contributed by atoms with Crippen molar-refractivity contribution in [1.82, 2.24) is 10.2 Å². The maximum Gasteiger partial charge on any atom is 0.410 e. The van der Waals surface area contributed by atoms with Crippen LogP contribution in [0.3, 0.4) is 0 Å². The van der Waals surface area contributed by atoms with Gasteiger partial charge in [-0.05, 0) is 135 Å². The van der Waals surface area contributed by atoms with Crippen molar-refractivity contribution in [1.29, 1.82) is 0 Å². The number of nitrogens with zero attached hydrogens (tertiary/aromatic N) is 1. The molecular formula is C39H52N2O5S. The molecule has 0 aliphatic heterocycles. The van der Waals surface area contributed by atoms with Crippen LogP contribution in [0.25, 0.3) is 11.1 Å². The number of carbonyl (C=O) groups is 3. The number of carboxylic acid groups (broad SMARTS) is 1. The van der Waals surface area contributed by atoms with E-state index in [0.29, 0.717) is 54.4 Å². The molecule has 2 aromatic rings. The first-order chi connectivity index (χ1) is 22.7. The Morgan fingerprint density at radius 3 is 2.30 bits per heavy atom. The Morgan fingerprint density at radius 1 is 0.979 bits per heavy atom. The lowest BCUT2D eigenvalue weighted by Crippen LogP contribution is -2.54. The fraction of sp³-hybridized carbons (Fsp3) is 0.615. The van der Waals surface area contributed by atoms with Crippen LogP contribution < -0.4 is 5.32 Å². The smallest absolute Gasteiger partial charge is 0.410 e. The number of hydrogen-bond donors (Lipinski definition) is 2. The summed E-state index contributed by atoms with van der Waals surface area (Å²) in [6.45, 7) is 3.33. The number of hydrogen-bond acceptors (Lipinski definition) is 5. The summed E-state index contributed by atoms with van der Waals surface area (Å²) >= 11 is 1.56. The first kappa shape index (κ1) is 33.9. The minimum atomic E-state index is -1.03. The van der Waals surface area contributed by atoms with E-state index >= 15 is 0 Å². The third-order valence-electron chi connectivity index (χ3n) is 11.4. The van der Waals surface area contributed by atoms with Crippen LogP contribution in [-0.2, 0) is 16.0 Å². The Bertz CT molecular complexity index is 1400. The van der Waals surface area contributed by atoms with Gasteiger partial charge in [0.25, 0.3) is 5.91 Å². The van der Waals surface area contributed by atoms with Gasteiger partial charge in [0.05, 0.1) is 0 Å². The SMILES string of the molecule is CSCC[C@H](NC(=O)c1ccc(CCN(CC2CCCCC2)C(=O)OC23CC4CC(CC(C4)C2)C3)cc1-c1ccccc1C)C(=O)O. The number of aryl methyl sites for hydroxylation is 1. The third-order valence-corrected chi connectivity index (χ3v) is 12.0. The van der Waals surface area contributed by atoms with Crippen molar-refractivity contribution in [3.05, 3.63) is 59.2 Å². The van der Waals surface area contributed by atoms with Crippen LogP contribution in [0.4, 0.5) is 4.79 Å². The molecule has 0 aromatic heterocycles. The van der Waals surface area contributed by atoms with Gasteiger partial charge in [-0.25, -0.2) is 9.59 Å². The average molecular weight is 661 g/mol. The predicted molar refractivity (Wildman–Crippen MR) is 188 cm³/mol. The molecule has 0 unspecified atom stereocenters. The highest BCUT2D eigenvalue weighted by Crippen LogP contribution is 2.57. The molecule has 7 rings (SSSR count). The number of carboxylic acids is 1. The summed E-state index contributed by atoms with van der Waals surface area (Å²) in [5.41, 5.74) is 3.98. The van der Waals surface area contributed by atoms with E-state index in [2.05, 4.69) is 11.4 Å². The number of amides is 2. The molecule has 47 heavy (non-hydrogen) atoms. The van der Waals surface area contributed by atoms with Crippen LogP contribution in [0.15, 0.2) is 42.5 Å². The molecule has 0 saturated heterocycles. The topological polar surface area (TPSA) is 95.9 Å². The van der Waals surface area contributed by atoms with Gasteiger partial charge in [0.15, 0.2) is 0 Å². The van der Waals surface area contributed by atoms with Gasteiger partial charge in [0.2, 0.25) is 0 Å². The van der Waals surface area contributed by atoms with Gasteiger partial charge >= 0.3 is 12.1 Å². The van der Waals surface area contributed by atoms with E-state index in [1.807, 2.05) is 54.5 Å². The normalized spacial score (nSPS) is 25.7. The molecular weight excluding hydrogens is 609 g/mol. The van der Waals surface area contributed by atoms with Crippen molar-refractivity contribution in [2.45, 2.75) is 102 Å². The minimum Gasteiger partial charge on any atom is -0.480 e. The van der Waals surface area contributed by atoms with Crippen LogP contribution in [0.1, 0.15) is 98.5 Å². The Morgan fingerprint density at radius 2 is 1.66 bits per heavy atom. The van der Waals surface area contributed by atoms with Crippen LogP contribution in [0.2, 0.25) is 0 Å². The Balaban J connectivity index is 1.22. The van der Waals surface area contributed by atoms with E-state index < -0.39 is 12.0 Å². The lowest BCUT2D eigenvalue weighted by atomic mass is 9.54. The van der Waals surface area contributed by atoms with Gasteiger partial charge in [-0.1, -0.05) is 55.7 Å². The lowest BCUT2D eigenvalue weighted by Gasteiger charge is -2.55. The number of thioether (sulfide) groups is 1. The summed E-state index contributed by atoms with van der Waals surface area (Å²) in [6, 6.07) is 12.8. The number of ether oxygens (including phenoxy) is 1. The molecule has 5 saturated carbocycles. The molecule has 5 aliphatic rings. The molecule has 0 spiro atoms. The lowest BCUT2D eigenvalue weighted by molar-refractivity contribution is -0.139.